The average molecular weight is 295 g/mol. The Morgan fingerprint density at radius 2 is 2.10 bits per heavy atom. The van der Waals surface area contributed by atoms with Gasteiger partial charge in [-0.2, -0.15) is 0 Å². The minimum absolute atomic E-state index is 0.512. The molecule has 1 aliphatic carbocycles. The Kier molecular flexibility index (Phi) is 5.85. The minimum atomic E-state index is 0.512. The number of anilines is 1. The summed E-state index contributed by atoms with van der Waals surface area (Å²) in [5.41, 5.74) is 1.29. The topological polar surface area (TPSA) is 28.2 Å². The maximum atomic E-state index is 4.97. The molecule has 0 aliphatic heterocycles. The van der Waals surface area contributed by atoms with Crippen molar-refractivity contribution in [2.45, 2.75) is 59.4 Å². The summed E-state index contributed by atoms with van der Waals surface area (Å²) in [5, 5.41) is 4.69. The van der Waals surface area contributed by atoms with Crippen LogP contribution in [0.3, 0.4) is 0 Å². The number of aromatic nitrogens is 1. The molecule has 0 saturated heterocycles. The van der Waals surface area contributed by atoms with Crippen molar-refractivity contribution < 1.29 is 0 Å². The van der Waals surface area contributed by atoms with Gasteiger partial charge in [0.2, 0.25) is 0 Å². The van der Waals surface area contributed by atoms with Crippen molar-refractivity contribution in [3.8, 4) is 0 Å². The number of hydrogen-bond donors (Lipinski definition) is 1. The summed E-state index contributed by atoms with van der Waals surface area (Å²) in [7, 11) is 0. The van der Waals surface area contributed by atoms with Gasteiger partial charge in [0, 0.05) is 24.5 Å². The molecule has 1 fully saturated rings. The molecule has 0 unspecified atom stereocenters. The van der Waals surface area contributed by atoms with Crippen LogP contribution in [0.4, 0.5) is 5.13 Å². The predicted octanol–water partition coefficient (Wildman–Crippen LogP) is 4.00. The van der Waals surface area contributed by atoms with Crippen molar-refractivity contribution >= 4 is 16.5 Å². The van der Waals surface area contributed by atoms with Crippen LogP contribution in [0.15, 0.2) is 0 Å². The Hall–Kier alpha value is -0.610. The molecule has 3 nitrogen and oxygen atoms in total. The van der Waals surface area contributed by atoms with Crippen molar-refractivity contribution in [3.05, 3.63) is 10.6 Å². The second-order valence-electron chi connectivity index (χ2n) is 6.13. The molecule has 4 heteroatoms. The molecule has 1 aromatic rings. The summed E-state index contributed by atoms with van der Waals surface area (Å²) in [6, 6.07) is 0. The zero-order valence-corrected chi connectivity index (χ0v) is 14.2. The Balaban J connectivity index is 2.15. The molecule has 2 rings (SSSR count). The summed E-state index contributed by atoms with van der Waals surface area (Å²) in [4.78, 5) is 8.91. The van der Waals surface area contributed by atoms with Crippen LogP contribution in [0.1, 0.15) is 63.4 Å². The van der Waals surface area contributed by atoms with E-state index in [1.54, 1.807) is 0 Å². The highest BCUT2D eigenvalue weighted by atomic mass is 32.1. The fourth-order valence-electron chi connectivity index (χ4n) is 2.45. The number of rotatable bonds is 9. The van der Waals surface area contributed by atoms with Crippen LogP contribution in [0.5, 0.6) is 0 Å². The molecule has 0 amide bonds. The van der Waals surface area contributed by atoms with Gasteiger partial charge in [0.25, 0.3) is 0 Å². The molecule has 1 aromatic heterocycles. The van der Waals surface area contributed by atoms with E-state index in [2.05, 4.69) is 37.9 Å². The van der Waals surface area contributed by atoms with Gasteiger partial charge in [-0.3, -0.25) is 0 Å². The first-order chi connectivity index (χ1) is 9.65. The summed E-state index contributed by atoms with van der Waals surface area (Å²) in [6.45, 7) is 13.3. The summed E-state index contributed by atoms with van der Waals surface area (Å²) < 4.78 is 0. The smallest absolute Gasteiger partial charge is 0.185 e. The molecule has 1 heterocycles. The molecule has 1 saturated carbocycles. The van der Waals surface area contributed by atoms with Crippen molar-refractivity contribution in [3.63, 3.8) is 0 Å². The fourth-order valence-corrected chi connectivity index (χ4v) is 3.67. The molecule has 20 heavy (non-hydrogen) atoms. The maximum absolute atomic E-state index is 4.97. The van der Waals surface area contributed by atoms with E-state index in [1.165, 1.54) is 41.5 Å². The van der Waals surface area contributed by atoms with Crippen LogP contribution in [-0.4, -0.2) is 24.6 Å². The van der Waals surface area contributed by atoms with Gasteiger partial charge < -0.3 is 10.2 Å². The lowest BCUT2D eigenvalue weighted by molar-refractivity contribution is 0.697. The molecule has 114 valence electrons. The number of thiazole rings is 1. The number of nitrogens with zero attached hydrogens (tertiary/aromatic N) is 2. The third kappa shape index (κ3) is 4.19. The Bertz CT molecular complexity index is 410. The molecule has 1 N–H and O–H groups in total. The van der Waals surface area contributed by atoms with Crippen molar-refractivity contribution in [2.75, 3.05) is 24.5 Å². The van der Waals surface area contributed by atoms with E-state index in [9.17, 15) is 0 Å². The largest absolute Gasteiger partial charge is 0.348 e. The van der Waals surface area contributed by atoms with Crippen LogP contribution < -0.4 is 10.2 Å². The van der Waals surface area contributed by atoms with Crippen LogP contribution >= 0.6 is 11.3 Å². The minimum Gasteiger partial charge on any atom is -0.348 e. The highest BCUT2D eigenvalue weighted by molar-refractivity contribution is 7.15. The van der Waals surface area contributed by atoms with Crippen molar-refractivity contribution in [1.82, 2.24) is 10.3 Å². The Morgan fingerprint density at radius 3 is 2.65 bits per heavy atom. The first-order valence-corrected chi connectivity index (χ1v) is 8.92. The molecule has 0 atom stereocenters. The predicted molar refractivity (Wildman–Crippen MR) is 88.8 cm³/mol. The van der Waals surface area contributed by atoms with Gasteiger partial charge in [0.15, 0.2) is 5.13 Å². The van der Waals surface area contributed by atoms with Crippen LogP contribution in [0.2, 0.25) is 0 Å². The lowest BCUT2D eigenvalue weighted by atomic mass is 10.1. The third-order valence-corrected chi connectivity index (χ3v) is 4.87. The van der Waals surface area contributed by atoms with E-state index in [0.29, 0.717) is 5.92 Å². The highest BCUT2D eigenvalue weighted by Gasteiger charge is 2.26. The lowest BCUT2D eigenvalue weighted by Gasteiger charge is -2.20. The van der Waals surface area contributed by atoms with E-state index >= 15 is 0 Å². The first kappa shape index (κ1) is 15.8. The van der Waals surface area contributed by atoms with Crippen molar-refractivity contribution in [2.24, 2.45) is 5.92 Å². The van der Waals surface area contributed by atoms with E-state index in [0.717, 1.165) is 25.6 Å². The average Bonchev–Trinajstić information content (AvgIpc) is 3.13. The number of nitrogens with one attached hydrogen (secondary N) is 1. The van der Waals surface area contributed by atoms with Gasteiger partial charge in [-0.25, -0.2) is 4.98 Å². The second-order valence-corrected chi connectivity index (χ2v) is 7.19. The summed E-state index contributed by atoms with van der Waals surface area (Å²) in [6.07, 6.45) is 4.02. The van der Waals surface area contributed by atoms with E-state index in [4.69, 9.17) is 4.98 Å². The van der Waals surface area contributed by atoms with E-state index < -0.39 is 0 Å². The van der Waals surface area contributed by atoms with E-state index in [-0.39, 0.29) is 0 Å². The quantitative estimate of drug-likeness (QED) is 0.746. The summed E-state index contributed by atoms with van der Waals surface area (Å²) in [5.74, 6) is 1.43. The van der Waals surface area contributed by atoms with Gasteiger partial charge >= 0.3 is 0 Å². The van der Waals surface area contributed by atoms with Gasteiger partial charge in [-0.1, -0.05) is 27.7 Å². The standard InChI is InChI=1S/C16H29N3S/c1-5-9-19(11-13-7-8-13)16-18-15(12(3)4)14(20-16)10-17-6-2/h12-13,17H,5-11H2,1-4H3. The Morgan fingerprint density at radius 1 is 1.35 bits per heavy atom. The van der Waals surface area contributed by atoms with Gasteiger partial charge in [0.05, 0.1) is 5.69 Å². The Labute approximate surface area is 127 Å². The second kappa shape index (κ2) is 7.41. The lowest BCUT2D eigenvalue weighted by Crippen LogP contribution is -2.26. The molecular formula is C16H29N3S. The first-order valence-electron chi connectivity index (χ1n) is 8.10. The molecule has 0 spiro atoms. The van der Waals surface area contributed by atoms with E-state index in [1.807, 2.05) is 11.3 Å². The van der Waals surface area contributed by atoms with Crippen LogP contribution in [0, 0.1) is 5.92 Å². The molecule has 0 bridgehead atoms. The monoisotopic (exact) mass is 295 g/mol. The maximum Gasteiger partial charge on any atom is 0.185 e. The molecule has 0 radical (unpaired) electrons. The van der Waals surface area contributed by atoms with Gasteiger partial charge in [-0.05, 0) is 37.6 Å². The molecule has 0 aromatic carbocycles. The number of hydrogen-bond acceptors (Lipinski definition) is 4. The van der Waals surface area contributed by atoms with Crippen molar-refractivity contribution in [1.29, 1.82) is 0 Å². The zero-order chi connectivity index (χ0) is 14.5. The fraction of sp³-hybridized carbons (Fsp3) is 0.812. The zero-order valence-electron chi connectivity index (χ0n) is 13.4. The van der Waals surface area contributed by atoms with Gasteiger partial charge in [-0.15, -0.1) is 11.3 Å². The molecule has 1 aliphatic rings. The SMILES string of the molecule is CCCN(CC1CC1)c1nc(C(C)C)c(CNCC)s1. The van der Waals surface area contributed by atoms with Crippen LogP contribution in [0.25, 0.3) is 0 Å². The molecular weight excluding hydrogens is 266 g/mol. The van der Waals surface area contributed by atoms with Crippen LogP contribution in [-0.2, 0) is 6.54 Å². The highest BCUT2D eigenvalue weighted by Crippen LogP contribution is 2.35. The third-order valence-electron chi connectivity index (χ3n) is 3.74. The summed E-state index contributed by atoms with van der Waals surface area (Å²) >= 11 is 1.90. The van der Waals surface area contributed by atoms with Gasteiger partial charge in [0.1, 0.15) is 0 Å². The normalized spacial score (nSPS) is 15.1.